The molecule has 0 spiro atoms. The highest BCUT2D eigenvalue weighted by Gasteiger charge is 2.30. The fourth-order valence-corrected chi connectivity index (χ4v) is 2.41. The number of hydrogen-bond acceptors (Lipinski definition) is 5. The summed E-state index contributed by atoms with van der Waals surface area (Å²) in [5.41, 5.74) is 1.38. The van der Waals surface area contributed by atoms with Gasteiger partial charge in [-0.15, -0.1) is 0 Å². The van der Waals surface area contributed by atoms with Crippen LogP contribution in [-0.2, 0) is 21.0 Å². The van der Waals surface area contributed by atoms with Crippen LogP contribution in [0.3, 0.4) is 0 Å². The molecule has 0 aliphatic carbocycles. The van der Waals surface area contributed by atoms with E-state index in [0.29, 0.717) is 17.0 Å². The molecule has 1 aromatic carbocycles. The summed E-state index contributed by atoms with van der Waals surface area (Å²) in [6.07, 6.45) is 0.893. The first-order valence-electron chi connectivity index (χ1n) is 8.05. The summed E-state index contributed by atoms with van der Waals surface area (Å²) in [6, 6.07) is 11.5. The second kappa shape index (κ2) is 8.19. The molecule has 2 N–H and O–H groups in total. The predicted octanol–water partition coefficient (Wildman–Crippen LogP) is 1.15. The highest BCUT2D eigenvalue weighted by molar-refractivity contribution is 6.04. The Morgan fingerprint density at radius 1 is 1.15 bits per heavy atom. The molecule has 1 aliphatic heterocycles. The number of nitrogens with one attached hydrogen (secondary N) is 2. The average molecular weight is 356 g/mol. The molecule has 26 heavy (non-hydrogen) atoms. The molecule has 2 amide bonds. The number of nitrogens with zero attached hydrogens (tertiary/aromatic N) is 2. The van der Waals surface area contributed by atoms with Gasteiger partial charge in [0.25, 0.3) is 5.91 Å². The third-order valence-electron chi connectivity index (χ3n) is 3.76. The van der Waals surface area contributed by atoms with Crippen molar-refractivity contribution in [3.63, 3.8) is 0 Å². The average Bonchev–Trinajstić information content (AvgIpc) is 3.15. The minimum absolute atomic E-state index is 0.141. The van der Waals surface area contributed by atoms with E-state index < -0.39 is 17.8 Å². The predicted molar refractivity (Wildman–Crippen MR) is 91.5 cm³/mol. The number of carbonyl (C=O) groups excluding carboxylic acids is 2. The van der Waals surface area contributed by atoms with Crippen molar-refractivity contribution in [3.8, 4) is 0 Å². The number of rotatable bonds is 6. The fraction of sp³-hybridized carbons (Fsp3) is 0.222. The van der Waals surface area contributed by atoms with Gasteiger partial charge in [0.05, 0.1) is 24.5 Å². The maximum absolute atomic E-state index is 13.8. The van der Waals surface area contributed by atoms with E-state index >= 15 is 0 Å². The lowest BCUT2D eigenvalue weighted by molar-refractivity contribution is -0.133. The van der Waals surface area contributed by atoms with Gasteiger partial charge in [0.1, 0.15) is 5.82 Å². The van der Waals surface area contributed by atoms with Gasteiger partial charge in [-0.3, -0.25) is 14.6 Å². The number of hydrogen-bond donors (Lipinski definition) is 2. The fourth-order valence-electron chi connectivity index (χ4n) is 2.41. The minimum atomic E-state index is -0.881. The van der Waals surface area contributed by atoms with Gasteiger partial charge < -0.3 is 15.5 Å². The Bertz CT molecular complexity index is 826. The van der Waals surface area contributed by atoms with E-state index in [4.69, 9.17) is 4.84 Å². The number of pyridine rings is 1. The number of halogens is 1. The van der Waals surface area contributed by atoms with Crippen LogP contribution in [0.2, 0.25) is 0 Å². The van der Waals surface area contributed by atoms with Crippen molar-refractivity contribution in [2.75, 3.05) is 6.54 Å². The van der Waals surface area contributed by atoms with E-state index in [2.05, 4.69) is 20.8 Å². The maximum Gasteiger partial charge on any atom is 0.264 e. The topological polar surface area (TPSA) is 92.7 Å². The van der Waals surface area contributed by atoms with Crippen LogP contribution in [0.5, 0.6) is 0 Å². The third kappa shape index (κ3) is 4.41. The van der Waals surface area contributed by atoms with E-state index in [0.717, 1.165) is 0 Å². The molecular weight excluding hydrogens is 339 g/mol. The zero-order valence-corrected chi connectivity index (χ0v) is 13.8. The van der Waals surface area contributed by atoms with E-state index in [1.807, 2.05) is 6.07 Å². The Labute approximate surface area is 149 Å². The van der Waals surface area contributed by atoms with Gasteiger partial charge in [0.2, 0.25) is 12.0 Å². The van der Waals surface area contributed by atoms with Crippen molar-refractivity contribution in [2.45, 2.75) is 19.1 Å². The van der Waals surface area contributed by atoms with Crippen molar-refractivity contribution in [1.29, 1.82) is 0 Å². The molecule has 0 fully saturated rings. The number of benzene rings is 1. The number of aromatic nitrogens is 1. The smallest absolute Gasteiger partial charge is 0.264 e. The molecule has 1 atom stereocenters. The molecule has 0 bridgehead atoms. The monoisotopic (exact) mass is 356 g/mol. The first-order valence-corrected chi connectivity index (χ1v) is 8.05. The first kappa shape index (κ1) is 17.5. The molecule has 7 nitrogen and oxygen atoms in total. The highest BCUT2D eigenvalue weighted by atomic mass is 19.1. The van der Waals surface area contributed by atoms with Crippen molar-refractivity contribution in [1.82, 2.24) is 15.6 Å². The number of amides is 2. The molecular formula is C18H17FN4O3. The van der Waals surface area contributed by atoms with Crippen molar-refractivity contribution < 1.29 is 18.8 Å². The maximum atomic E-state index is 13.8. The quantitative estimate of drug-likeness (QED) is 0.812. The van der Waals surface area contributed by atoms with Gasteiger partial charge >= 0.3 is 0 Å². The zero-order valence-electron chi connectivity index (χ0n) is 13.8. The largest absolute Gasteiger partial charge is 0.382 e. The van der Waals surface area contributed by atoms with Crippen LogP contribution >= 0.6 is 0 Å². The van der Waals surface area contributed by atoms with Crippen LogP contribution in [-0.4, -0.2) is 35.2 Å². The highest BCUT2D eigenvalue weighted by Crippen LogP contribution is 2.18. The molecule has 8 heteroatoms. The van der Waals surface area contributed by atoms with Gasteiger partial charge in [-0.2, -0.15) is 0 Å². The molecule has 2 aromatic rings. The van der Waals surface area contributed by atoms with E-state index in [1.165, 1.54) is 6.07 Å². The van der Waals surface area contributed by atoms with Crippen molar-refractivity contribution in [3.05, 3.63) is 65.7 Å². The molecule has 3 rings (SSSR count). The van der Waals surface area contributed by atoms with Crippen LogP contribution < -0.4 is 10.6 Å². The normalized spacial score (nSPS) is 15.7. The molecule has 0 saturated heterocycles. The number of oxime groups is 1. The Morgan fingerprint density at radius 2 is 1.96 bits per heavy atom. The van der Waals surface area contributed by atoms with Gasteiger partial charge in [-0.25, -0.2) is 4.39 Å². The summed E-state index contributed by atoms with van der Waals surface area (Å²) in [7, 11) is 0. The standard InChI is InChI=1S/C18H17FN4O3/c19-14-7-2-1-6-13(14)15-9-16(26-23-15)18(25)22-11-17(24)21-10-12-5-3-4-8-20-12/h1-8,16H,9-11H2,(H,21,24)(H,22,25). The van der Waals surface area contributed by atoms with Crippen molar-refractivity contribution in [2.24, 2.45) is 5.16 Å². The molecule has 0 saturated carbocycles. The Morgan fingerprint density at radius 3 is 2.73 bits per heavy atom. The van der Waals surface area contributed by atoms with Crippen LogP contribution in [0.1, 0.15) is 17.7 Å². The summed E-state index contributed by atoms with van der Waals surface area (Å²) in [4.78, 5) is 33.0. The zero-order chi connectivity index (χ0) is 18.4. The summed E-state index contributed by atoms with van der Waals surface area (Å²) in [6.45, 7) is 0.0799. The Balaban J connectivity index is 1.43. The minimum Gasteiger partial charge on any atom is -0.382 e. The van der Waals surface area contributed by atoms with Crippen LogP contribution in [0.4, 0.5) is 4.39 Å². The Hall–Kier alpha value is -3.29. The van der Waals surface area contributed by atoms with E-state index in [9.17, 15) is 14.0 Å². The number of carbonyl (C=O) groups is 2. The van der Waals surface area contributed by atoms with Gasteiger partial charge in [0, 0.05) is 18.2 Å². The molecule has 1 unspecified atom stereocenters. The summed E-state index contributed by atoms with van der Waals surface area (Å²) in [5.74, 6) is -1.25. The van der Waals surface area contributed by atoms with E-state index in [-0.39, 0.29) is 25.4 Å². The second-order valence-electron chi connectivity index (χ2n) is 5.63. The lowest BCUT2D eigenvalue weighted by atomic mass is 10.0. The molecule has 0 radical (unpaired) electrons. The van der Waals surface area contributed by atoms with Crippen LogP contribution in [0.15, 0.2) is 53.8 Å². The summed E-state index contributed by atoms with van der Waals surface area (Å²) < 4.78 is 13.8. The van der Waals surface area contributed by atoms with Crippen LogP contribution in [0, 0.1) is 5.82 Å². The molecule has 1 aromatic heterocycles. The van der Waals surface area contributed by atoms with Crippen molar-refractivity contribution >= 4 is 17.5 Å². The molecule has 1 aliphatic rings. The van der Waals surface area contributed by atoms with Gasteiger partial charge in [-0.1, -0.05) is 29.4 Å². The van der Waals surface area contributed by atoms with Gasteiger partial charge in [0.15, 0.2) is 0 Å². The lowest BCUT2D eigenvalue weighted by Gasteiger charge is -2.10. The molecule has 2 heterocycles. The summed E-state index contributed by atoms with van der Waals surface area (Å²) >= 11 is 0. The summed E-state index contributed by atoms with van der Waals surface area (Å²) in [5, 5.41) is 8.91. The van der Waals surface area contributed by atoms with Crippen LogP contribution in [0.25, 0.3) is 0 Å². The lowest BCUT2D eigenvalue weighted by Crippen LogP contribution is -2.41. The first-order chi connectivity index (χ1) is 12.6. The molecule has 134 valence electrons. The SMILES string of the molecule is O=C(CNC(=O)C1CC(c2ccccc2F)=NO1)NCc1ccccn1. The van der Waals surface area contributed by atoms with E-state index in [1.54, 1.807) is 36.5 Å². The third-order valence-corrected chi connectivity index (χ3v) is 3.76. The second-order valence-corrected chi connectivity index (χ2v) is 5.63. The van der Waals surface area contributed by atoms with Gasteiger partial charge in [-0.05, 0) is 18.2 Å². The Kier molecular flexibility index (Phi) is 5.52.